The Kier molecular flexibility index (Phi) is 4.55. The lowest BCUT2D eigenvalue weighted by molar-refractivity contribution is 0.107. The molecule has 1 aromatic carbocycles. The molecule has 0 bridgehead atoms. The summed E-state index contributed by atoms with van der Waals surface area (Å²) in [6, 6.07) is 8.00. The van der Waals surface area contributed by atoms with Crippen LogP contribution in [0, 0.1) is 11.3 Å². The molecule has 23 heavy (non-hydrogen) atoms. The summed E-state index contributed by atoms with van der Waals surface area (Å²) in [5.41, 5.74) is 1.60. The summed E-state index contributed by atoms with van der Waals surface area (Å²) in [5, 5.41) is 16.1. The van der Waals surface area contributed by atoms with Gasteiger partial charge < -0.3 is 9.47 Å². The Bertz CT molecular complexity index is 695. The number of benzene rings is 1. The van der Waals surface area contributed by atoms with Gasteiger partial charge in [-0.1, -0.05) is 6.07 Å². The van der Waals surface area contributed by atoms with Crippen LogP contribution in [-0.4, -0.2) is 46.9 Å². The zero-order valence-corrected chi connectivity index (χ0v) is 13.2. The number of hydrogen-bond acceptors (Lipinski definition) is 6. The third kappa shape index (κ3) is 3.18. The molecule has 1 N–H and O–H groups in total. The average Bonchev–Trinajstić information content (AvgIpc) is 3.23. The van der Waals surface area contributed by atoms with Crippen molar-refractivity contribution in [2.24, 2.45) is 0 Å². The Morgan fingerprint density at radius 2 is 2.30 bits per heavy atom. The van der Waals surface area contributed by atoms with Crippen molar-refractivity contribution in [1.29, 1.82) is 5.26 Å². The first-order valence-corrected chi connectivity index (χ1v) is 7.44. The van der Waals surface area contributed by atoms with Gasteiger partial charge in [0.25, 0.3) is 0 Å². The summed E-state index contributed by atoms with van der Waals surface area (Å²) in [6.07, 6.45) is 2.56. The summed E-state index contributed by atoms with van der Waals surface area (Å²) < 4.78 is 10.7. The van der Waals surface area contributed by atoms with Crippen LogP contribution in [0.15, 0.2) is 24.5 Å². The first kappa shape index (κ1) is 15.5. The monoisotopic (exact) mass is 313 g/mol. The van der Waals surface area contributed by atoms with Crippen LogP contribution in [0.4, 0.5) is 0 Å². The van der Waals surface area contributed by atoms with Gasteiger partial charge in [0.2, 0.25) is 0 Å². The molecule has 0 unspecified atom stereocenters. The van der Waals surface area contributed by atoms with E-state index in [-0.39, 0.29) is 12.1 Å². The van der Waals surface area contributed by atoms with E-state index in [2.05, 4.69) is 26.2 Å². The van der Waals surface area contributed by atoms with Crippen molar-refractivity contribution >= 4 is 0 Å². The number of ether oxygens (including phenoxy) is 2. The predicted molar refractivity (Wildman–Crippen MR) is 82.7 cm³/mol. The molecule has 1 aromatic heterocycles. The van der Waals surface area contributed by atoms with Gasteiger partial charge in [-0.2, -0.15) is 10.4 Å². The highest BCUT2D eigenvalue weighted by Crippen LogP contribution is 2.33. The molecule has 1 aliphatic rings. The van der Waals surface area contributed by atoms with Crippen molar-refractivity contribution in [3.8, 4) is 11.8 Å². The second-order valence-electron chi connectivity index (χ2n) is 5.56. The fraction of sp³-hybridized carbons (Fsp3) is 0.438. The molecule has 2 atom stereocenters. The van der Waals surface area contributed by atoms with Crippen molar-refractivity contribution in [2.45, 2.75) is 25.1 Å². The first-order valence-electron chi connectivity index (χ1n) is 7.44. The van der Waals surface area contributed by atoms with Crippen LogP contribution in [0.1, 0.15) is 29.4 Å². The van der Waals surface area contributed by atoms with Gasteiger partial charge in [0.05, 0.1) is 24.8 Å². The Labute approximate surface area is 134 Å². The normalized spacial score (nSPS) is 21.3. The Morgan fingerprint density at radius 3 is 2.96 bits per heavy atom. The Hall–Kier alpha value is -2.43. The number of aromatic amines is 1. The second-order valence-corrected chi connectivity index (χ2v) is 5.56. The predicted octanol–water partition coefficient (Wildman–Crippen LogP) is 1.65. The van der Waals surface area contributed by atoms with Crippen molar-refractivity contribution < 1.29 is 9.47 Å². The molecule has 3 rings (SSSR count). The minimum Gasteiger partial charge on any atom is -0.495 e. The molecule has 1 saturated heterocycles. The maximum absolute atomic E-state index is 9.23. The molecule has 7 heteroatoms. The summed E-state index contributed by atoms with van der Waals surface area (Å²) in [6.45, 7) is 1.53. The van der Waals surface area contributed by atoms with E-state index >= 15 is 0 Å². The van der Waals surface area contributed by atoms with E-state index in [1.807, 2.05) is 18.2 Å². The quantitative estimate of drug-likeness (QED) is 0.903. The minimum atomic E-state index is 0.134. The highest BCUT2D eigenvalue weighted by molar-refractivity contribution is 5.45. The fourth-order valence-electron chi connectivity index (χ4n) is 3.04. The maximum Gasteiger partial charge on any atom is 0.141 e. The molecule has 1 aliphatic heterocycles. The number of hydrogen-bond donors (Lipinski definition) is 1. The van der Waals surface area contributed by atoms with E-state index < -0.39 is 0 Å². The van der Waals surface area contributed by atoms with Gasteiger partial charge in [-0.25, -0.2) is 4.98 Å². The summed E-state index contributed by atoms with van der Waals surface area (Å²) in [5.74, 6) is 1.44. The number of methoxy groups -OCH3 is 2. The molecule has 0 amide bonds. The van der Waals surface area contributed by atoms with Crippen LogP contribution in [-0.2, 0) is 11.3 Å². The minimum absolute atomic E-state index is 0.134. The van der Waals surface area contributed by atoms with Gasteiger partial charge >= 0.3 is 0 Å². The summed E-state index contributed by atoms with van der Waals surface area (Å²) >= 11 is 0. The van der Waals surface area contributed by atoms with E-state index in [1.165, 1.54) is 6.33 Å². The van der Waals surface area contributed by atoms with E-state index in [0.29, 0.717) is 17.9 Å². The van der Waals surface area contributed by atoms with Crippen LogP contribution in [0.2, 0.25) is 0 Å². The van der Waals surface area contributed by atoms with E-state index in [9.17, 15) is 5.26 Å². The Morgan fingerprint density at radius 1 is 1.43 bits per heavy atom. The molecular formula is C16H19N5O2. The molecule has 120 valence electrons. The number of H-pyrrole nitrogens is 1. The Balaban J connectivity index is 1.81. The van der Waals surface area contributed by atoms with E-state index in [0.717, 1.165) is 24.4 Å². The van der Waals surface area contributed by atoms with Crippen molar-refractivity contribution in [3.05, 3.63) is 41.5 Å². The average molecular weight is 313 g/mol. The largest absolute Gasteiger partial charge is 0.495 e. The van der Waals surface area contributed by atoms with Gasteiger partial charge in [0, 0.05) is 20.2 Å². The highest BCUT2D eigenvalue weighted by atomic mass is 16.5. The number of nitriles is 1. The molecule has 7 nitrogen and oxygen atoms in total. The third-order valence-corrected chi connectivity index (χ3v) is 4.22. The number of aromatic nitrogens is 3. The van der Waals surface area contributed by atoms with Gasteiger partial charge in [-0.05, 0) is 24.1 Å². The third-order valence-electron chi connectivity index (χ3n) is 4.22. The van der Waals surface area contributed by atoms with Crippen molar-refractivity contribution in [3.63, 3.8) is 0 Å². The van der Waals surface area contributed by atoms with Crippen LogP contribution < -0.4 is 4.74 Å². The lowest BCUT2D eigenvalue weighted by atomic mass is 10.1. The van der Waals surface area contributed by atoms with Crippen molar-refractivity contribution in [1.82, 2.24) is 20.1 Å². The number of nitrogens with zero attached hydrogens (tertiary/aromatic N) is 4. The van der Waals surface area contributed by atoms with Gasteiger partial charge in [-0.3, -0.25) is 10.00 Å². The van der Waals surface area contributed by atoms with Gasteiger partial charge in [-0.15, -0.1) is 0 Å². The molecule has 0 aliphatic carbocycles. The molecule has 0 radical (unpaired) electrons. The SMILES string of the molecule is COc1ccc(CN2C[C@H](OC)C[C@H]2c2ncn[nH]2)cc1C#N. The zero-order chi connectivity index (χ0) is 16.2. The number of rotatable bonds is 5. The van der Waals surface area contributed by atoms with Gasteiger partial charge in [0.15, 0.2) is 0 Å². The van der Waals surface area contributed by atoms with Gasteiger partial charge in [0.1, 0.15) is 24.0 Å². The first-order chi connectivity index (χ1) is 11.2. The molecular weight excluding hydrogens is 294 g/mol. The maximum atomic E-state index is 9.23. The van der Waals surface area contributed by atoms with Crippen molar-refractivity contribution in [2.75, 3.05) is 20.8 Å². The van der Waals surface area contributed by atoms with Crippen LogP contribution in [0.5, 0.6) is 5.75 Å². The van der Waals surface area contributed by atoms with Crippen LogP contribution >= 0.6 is 0 Å². The molecule has 2 aromatic rings. The topological polar surface area (TPSA) is 87.1 Å². The van der Waals surface area contributed by atoms with E-state index in [4.69, 9.17) is 9.47 Å². The number of likely N-dealkylation sites (tertiary alicyclic amines) is 1. The molecule has 2 heterocycles. The van der Waals surface area contributed by atoms with Crippen LogP contribution in [0.25, 0.3) is 0 Å². The zero-order valence-electron chi connectivity index (χ0n) is 13.2. The molecule has 0 saturated carbocycles. The lowest BCUT2D eigenvalue weighted by Gasteiger charge is -2.22. The van der Waals surface area contributed by atoms with Crippen LogP contribution in [0.3, 0.4) is 0 Å². The second kappa shape index (κ2) is 6.77. The summed E-state index contributed by atoms with van der Waals surface area (Å²) in [7, 11) is 3.30. The highest BCUT2D eigenvalue weighted by Gasteiger charge is 2.34. The van der Waals surface area contributed by atoms with E-state index in [1.54, 1.807) is 14.2 Å². The molecule has 0 spiro atoms. The lowest BCUT2D eigenvalue weighted by Crippen LogP contribution is -2.25. The standard InChI is InChI=1S/C16H19N5O2/c1-22-13-6-14(16-18-10-19-20-16)21(9-13)8-11-3-4-15(23-2)12(5-11)7-17/h3-5,10,13-14H,6,8-9H2,1-2H3,(H,18,19,20)/t13-,14+/m1/s1. The fourth-order valence-corrected chi connectivity index (χ4v) is 3.04. The smallest absolute Gasteiger partial charge is 0.141 e. The molecule has 1 fully saturated rings. The summed E-state index contributed by atoms with van der Waals surface area (Å²) in [4.78, 5) is 6.57. The number of nitrogens with one attached hydrogen (secondary N) is 1.